The van der Waals surface area contributed by atoms with E-state index in [0.29, 0.717) is 0 Å². The number of rotatable bonds is 10. The zero-order chi connectivity index (χ0) is 16.9. The van der Waals surface area contributed by atoms with Crippen molar-refractivity contribution >= 4 is 29.9 Å². The summed E-state index contributed by atoms with van der Waals surface area (Å²) < 4.78 is 13.1. The number of hydrogen-bond donors (Lipinski definition) is 2. The fourth-order valence-electron chi connectivity index (χ4n) is 2.38. The highest BCUT2D eigenvalue weighted by molar-refractivity contribution is 14.0. The monoisotopic (exact) mass is 450 g/mol. The van der Waals surface area contributed by atoms with E-state index in [1.54, 1.807) is 12.1 Å². The molecular weight excluding hydrogens is 418 g/mol. The van der Waals surface area contributed by atoms with Gasteiger partial charge in [0, 0.05) is 19.6 Å². The van der Waals surface area contributed by atoms with E-state index in [4.69, 9.17) is 0 Å². The fraction of sp³-hybridized carbons (Fsp3) is 0.611. The molecule has 0 fully saturated rings. The lowest BCUT2D eigenvalue weighted by Crippen LogP contribution is -2.38. The number of benzene rings is 1. The molecule has 0 bridgehead atoms. The molecule has 1 rings (SSSR count). The number of hydrogen-bond acceptors (Lipinski definition) is 2. The van der Waals surface area contributed by atoms with Crippen LogP contribution in [0.25, 0.3) is 0 Å². The van der Waals surface area contributed by atoms with Crippen molar-refractivity contribution in [2.24, 2.45) is 4.99 Å². The maximum atomic E-state index is 13.1. The second-order valence-corrected chi connectivity index (χ2v) is 5.45. The van der Waals surface area contributed by atoms with Crippen molar-refractivity contribution in [3.8, 4) is 0 Å². The lowest BCUT2D eigenvalue weighted by molar-refractivity contribution is 0.302. The number of nitrogens with zero attached hydrogens (tertiary/aromatic N) is 2. The highest BCUT2D eigenvalue weighted by atomic mass is 127. The van der Waals surface area contributed by atoms with E-state index in [2.05, 4.69) is 41.3 Å². The molecule has 6 heteroatoms. The van der Waals surface area contributed by atoms with E-state index in [9.17, 15) is 4.39 Å². The number of halogens is 2. The molecule has 0 saturated heterocycles. The Bertz CT molecular complexity index is 464. The van der Waals surface area contributed by atoms with E-state index in [1.165, 1.54) is 6.07 Å². The third kappa shape index (κ3) is 10.1. The van der Waals surface area contributed by atoms with Crippen LogP contribution in [0, 0.1) is 5.82 Å². The van der Waals surface area contributed by atoms with Crippen LogP contribution in [0.2, 0.25) is 0 Å². The third-order valence-electron chi connectivity index (χ3n) is 3.74. The molecule has 4 nitrogen and oxygen atoms in total. The first-order valence-corrected chi connectivity index (χ1v) is 8.68. The first-order chi connectivity index (χ1) is 11.2. The van der Waals surface area contributed by atoms with Crippen molar-refractivity contribution in [1.82, 2.24) is 15.5 Å². The Labute approximate surface area is 163 Å². The molecule has 24 heavy (non-hydrogen) atoms. The van der Waals surface area contributed by atoms with E-state index in [-0.39, 0.29) is 29.8 Å². The summed E-state index contributed by atoms with van der Waals surface area (Å²) in [4.78, 5) is 7.00. The molecule has 1 aromatic rings. The fourth-order valence-corrected chi connectivity index (χ4v) is 2.38. The van der Waals surface area contributed by atoms with E-state index < -0.39 is 0 Å². The van der Waals surface area contributed by atoms with Crippen LogP contribution in [-0.2, 0) is 6.42 Å². The predicted molar refractivity (Wildman–Crippen MR) is 112 cm³/mol. The molecule has 0 unspecified atom stereocenters. The Morgan fingerprint density at radius 3 is 2.54 bits per heavy atom. The van der Waals surface area contributed by atoms with Crippen LogP contribution in [0.3, 0.4) is 0 Å². The number of aliphatic imine (C=N–C) groups is 1. The Balaban J connectivity index is 0.00000529. The zero-order valence-electron chi connectivity index (χ0n) is 15.1. The summed E-state index contributed by atoms with van der Waals surface area (Å²) in [6, 6.07) is 6.74. The Morgan fingerprint density at radius 1 is 1.17 bits per heavy atom. The average molecular weight is 450 g/mol. The second-order valence-electron chi connectivity index (χ2n) is 5.45. The van der Waals surface area contributed by atoms with Crippen LogP contribution in [0.1, 0.15) is 32.8 Å². The maximum Gasteiger partial charge on any atom is 0.191 e. The van der Waals surface area contributed by atoms with E-state index in [1.807, 2.05) is 6.07 Å². The third-order valence-corrected chi connectivity index (χ3v) is 3.74. The van der Waals surface area contributed by atoms with Gasteiger partial charge in [0.15, 0.2) is 5.96 Å². The van der Waals surface area contributed by atoms with Gasteiger partial charge < -0.3 is 15.5 Å². The summed E-state index contributed by atoms with van der Waals surface area (Å²) in [6.45, 7) is 12.1. The van der Waals surface area contributed by atoms with Gasteiger partial charge in [0.05, 0.1) is 0 Å². The minimum absolute atomic E-state index is 0. The average Bonchev–Trinajstić information content (AvgIpc) is 2.55. The smallest absolute Gasteiger partial charge is 0.191 e. The van der Waals surface area contributed by atoms with Crippen molar-refractivity contribution in [2.45, 2.75) is 33.6 Å². The van der Waals surface area contributed by atoms with Crippen molar-refractivity contribution in [2.75, 3.05) is 39.3 Å². The standard InChI is InChI=1S/C18H31FN4.HI/c1-4-20-18(21-12-8-14-23(5-2)6-3)22-13-11-16-9-7-10-17(19)15-16;/h7,9-10,15H,4-6,8,11-14H2,1-3H3,(H2,20,21,22);1H. The Morgan fingerprint density at radius 2 is 1.92 bits per heavy atom. The summed E-state index contributed by atoms with van der Waals surface area (Å²) in [5.74, 6) is 0.655. The van der Waals surface area contributed by atoms with Gasteiger partial charge in [0.1, 0.15) is 5.82 Å². The second kappa shape index (κ2) is 14.5. The van der Waals surface area contributed by atoms with E-state index in [0.717, 1.165) is 63.6 Å². The lowest BCUT2D eigenvalue weighted by Gasteiger charge is -2.17. The summed E-state index contributed by atoms with van der Waals surface area (Å²) in [7, 11) is 0. The van der Waals surface area contributed by atoms with Gasteiger partial charge in [-0.2, -0.15) is 0 Å². The minimum Gasteiger partial charge on any atom is -0.357 e. The van der Waals surface area contributed by atoms with Crippen LogP contribution in [0.5, 0.6) is 0 Å². The van der Waals surface area contributed by atoms with Gasteiger partial charge in [-0.3, -0.25) is 4.99 Å². The molecule has 0 aromatic heterocycles. The highest BCUT2D eigenvalue weighted by Crippen LogP contribution is 2.03. The Hall–Kier alpha value is -0.890. The molecule has 0 spiro atoms. The largest absolute Gasteiger partial charge is 0.357 e. The zero-order valence-corrected chi connectivity index (χ0v) is 17.5. The number of guanidine groups is 1. The summed E-state index contributed by atoms with van der Waals surface area (Å²) in [5, 5.41) is 6.56. The molecule has 2 N–H and O–H groups in total. The predicted octanol–water partition coefficient (Wildman–Crippen LogP) is 3.27. The van der Waals surface area contributed by atoms with Gasteiger partial charge in [-0.15, -0.1) is 24.0 Å². The highest BCUT2D eigenvalue weighted by Gasteiger charge is 2.00. The van der Waals surface area contributed by atoms with E-state index >= 15 is 0 Å². The molecule has 0 aliphatic carbocycles. The van der Waals surface area contributed by atoms with Gasteiger partial charge in [-0.1, -0.05) is 26.0 Å². The topological polar surface area (TPSA) is 39.7 Å². The van der Waals surface area contributed by atoms with Crippen molar-refractivity contribution < 1.29 is 4.39 Å². The van der Waals surface area contributed by atoms with Gasteiger partial charge in [-0.05, 0) is 57.1 Å². The van der Waals surface area contributed by atoms with Gasteiger partial charge in [0.2, 0.25) is 0 Å². The molecule has 0 radical (unpaired) electrons. The maximum absolute atomic E-state index is 13.1. The van der Waals surface area contributed by atoms with Crippen molar-refractivity contribution in [1.29, 1.82) is 0 Å². The van der Waals surface area contributed by atoms with Gasteiger partial charge in [0.25, 0.3) is 0 Å². The molecular formula is C18H32FIN4. The molecule has 0 heterocycles. The normalized spacial score (nSPS) is 11.3. The number of nitrogens with one attached hydrogen (secondary N) is 2. The molecule has 0 aliphatic rings. The first-order valence-electron chi connectivity index (χ1n) is 8.68. The van der Waals surface area contributed by atoms with Crippen LogP contribution < -0.4 is 10.6 Å². The van der Waals surface area contributed by atoms with Crippen molar-refractivity contribution in [3.05, 3.63) is 35.6 Å². The molecule has 1 aromatic carbocycles. The Kier molecular flexibility index (Phi) is 13.9. The summed E-state index contributed by atoms with van der Waals surface area (Å²) >= 11 is 0. The van der Waals surface area contributed by atoms with Gasteiger partial charge >= 0.3 is 0 Å². The van der Waals surface area contributed by atoms with Gasteiger partial charge in [-0.25, -0.2) is 4.39 Å². The lowest BCUT2D eigenvalue weighted by atomic mass is 10.1. The van der Waals surface area contributed by atoms with Crippen LogP contribution >= 0.6 is 24.0 Å². The molecule has 138 valence electrons. The van der Waals surface area contributed by atoms with Crippen LogP contribution in [-0.4, -0.2) is 50.1 Å². The SMILES string of the molecule is CCNC(=NCCCN(CC)CC)NCCc1cccc(F)c1.I. The minimum atomic E-state index is -0.181. The molecule has 0 atom stereocenters. The molecule has 0 saturated carbocycles. The first kappa shape index (κ1) is 23.1. The summed E-state index contributed by atoms with van der Waals surface area (Å²) in [6.07, 6.45) is 1.84. The molecule has 0 aliphatic heterocycles. The van der Waals surface area contributed by atoms with Crippen molar-refractivity contribution in [3.63, 3.8) is 0 Å². The summed E-state index contributed by atoms with van der Waals surface area (Å²) in [5.41, 5.74) is 0.995. The van der Waals surface area contributed by atoms with Crippen LogP contribution in [0.15, 0.2) is 29.3 Å². The quantitative estimate of drug-likeness (QED) is 0.249. The molecule has 0 amide bonds. The van der Waals surface area contributed by atoms with Crippen LogP contribution in [0.4, 0.5) is 4.39 Å².